The number of ether oxygens (including phenoxy) is 3. The van der Waals surface area contributed by atoms with Crippen LogP contribution in [0.5, 0.6) is 11.5 Å². The summed E-state index contributed by atoms with van der Waals surface area (Å²) in [5, 5.41) is 0. The van der Waals surface area contributed by atoms with Gasteiger partial charge in [0, 0.05) is 12.1 Å². The zero-order valence-corrected chi connectivity index (χ0v) is 13.2. The second-order valence-corrected chi connectivity index (χ2v) is 5.62. The molecule has 0 spiro atoms. The first-order chi connectivity index (χ1) is 11.6. The number of hydrogen-bond acceptors (Lipinski definition) is 6. The van der Waals surface area contributed by atoms with Gasteiger partial charge in [-0.05, 0) is 30.2 Å². The molecule has 1 atom stereocenters. The first kappa shape index (κ1) is 14.6. The summed E-state index contributed by atoms with van der Waals surface area (Å²) in [4.78, 5) is 25.8. The molecule has 0 bridgehead atoms. The molecule has 1 saturated heterocycles. The molecule has 2 aliphatic heterocycles. The molecule has 1 unspecified atom stereocenters. The highest BCUT2D eigenvalue weighted by atomic mass is 16.6. The first-order valence-electron chi connectivity index (χ1n) is 7.45. The van der Waals surface area contributed by atoms with Gasteiger partial charge in [-0.2, -0.15) is 0 Å². The van der Waals surface area contributed by atoms with Crippen LogP contribution in [0.1, 0.15) is 16.7 Å². The Balaban J connectivity index is 2.01. The summed E-state index contributed by atoms with van der Waals surface area (Å²) in [6.45, 7) is 0.359. The molecule has 7 nitrogen and oxygen atoms in total. The van der Waals surface area contributed by atoms with Gasteiger partial charge in [-0.25, -0.2) is 4.79 Å². The van der Waals surface area contributed by atoms with Gasteiger partial charge >= 0.3 is 11.9 Å². The minimum atomic E-state index is -1.33. The SMILES string of the molecule is COc1cc2c(cc1OC)C1(c3ccoc3)OC(=O)C(=O)N1CC2. The molecule has 4 rings (SSSR count). The van der Waals surface area contributed by atoms with Gasteiger partial charge in [0.2, 0.25) is 5.72 Å². The lowest BCUT2D eigenvalue weighted by molar-refractivity contribution is -0.152. The Morgan fingerprint density at radius 1 is 1.17 bits per heavy atom. The molecule has 2 aromatic rings. The van der Waals surface area contributed by atoms with Gasteiger partial charge in [0.1, 0.15) is 0 Å². The Hall–Kier alpha value is -2.96. The van der Waals surface area contributed by atoms with Crippen molar-refractivity contribution in [3.8, 4) is 11.5 Å². The standard InChI is InChI=1S/C17H15NO6/c1-21-13-7-10-3-5-18-15(19)16(20)24-17(18,11-4-6-23-9-11)12(10)8-14(13)22-2/h4,6-9H,3,5H2,1-2H3. The van der Waals surface area contributed by atoms with Crippen LogP contribution < -0.4 is 9.47 Å². The van der Waals surface area contributed by atoms with Crippen molar-refractivity contribution >= 4 is 11.9 Å². The van der Waals surface area contributed by atoms with E-state index in [1.54, 1.807) is 19.2 Å². The summed E-state index contributed by atoms with van der Waals surface area (Å²) >= 11 is 0. The van der Waals surface area contributed by atoms with Crippen LogP contribution in [0, 0.1) is 0 Å². The number of furan rings is 1. The van der Waals surface area contributed by atoms with E-state index < -0.39 is 17.6 Å². The molecule has 124 valence electrons. The van der Waals surface area contributed by atoms with Crippen molar-refractivity contribution in [1.29, 1.82) is 0 Å². The van der Waals surface area contributed by atoms with Crippen molar-refractivity contribution in [2.75, 3.05) is 20.8 Å². The maximum Gasteiger partial charge on any atom is 0.399 e. The Bertz CT molecular complexity index is 828. The zero-order chi connectivity index (χ0) is 16.9. The highest BCUT2D eigenvalue weighted by Gasteiger charge is 2.58. The quantitative estimate of drug-likeness (QED) is 0.626. The van der Waals surface area contributed by atoms with Gasteiger partial charge in [-0.3, -0.25) is 9.69 Å². The molecule has 3 heterocycles. The predicted molar refractivity (Wildman–Crippen MR) is 80.5 cm³/mol. The second-order valence-electron chi connectivity index (χ2n) is 5.62. The number of carbonyl (C=O) groups excluding carboxylic acids is 2. The third kappa shape index (κ3) is 1.72. The molecule has 7 heteroatoms. The molecule has 0 N–H and O–H groups in total. The molecular weight excluding hydrogens is 314 g/mol. The predicted octanol–water partition coefficient (Wildman–Crippen LogP) is 1.44. The maximum absolute atomic E-state index is 12.3. The topological polar surface area (TPSA) is 78.2 Å². The van der Waals surface area contributed by atoms with Crippen LogP contribution >= 0.6 is 0 Å². The molecule has 1 fully saturated rings. The number of esters is 1. The van der Waals surface area contributed by atoms with Crippen LogP contribution in [0.25, 0.3) is 0 Å². The summed E-state index contributed by atoms with van der Waals surface area (Å²) in [5.74, 6) is -0.450. The van der Waals surface area contributed by atoms with Gasteiger partial charge in [-0.15, -0.1) is 0 Å². The van der Waals surface area contributed by atoms with Crippen LogP contribution in [0.15, 0.2) is 35.1 Å². The Morgan fingerprint density at radius 2 is 1.92 bits per heavy atom. The van der Waals surface area contributed by atoms with E-state index in [0.717, 1.165) is 5.56 Å². The van der Waals surface area contributed by atoms with Crippen LogP contribution in [-0.4, -0.2) is 37.5 Å². The number of nitrogens with zero attached hydrogens (tertiary/aromatic N) is 1. The average Bonchev–Trinajstić information content (AvgIpc) is 3.22. The molecule has 1 aromatic carbocycles. The van der Waals surface area contributed by atoms with Crippen molar-refractivity contribution < 1.29 is 28.2 Å². The fourth-order valence-corrected chi connectivity index (χ4v) is 3.45. The van der Waals surface area contributed by atoms with Crippen molar-refractivity contribution in [2.24, 2.45) is 0 Å². The summed E-state index contributed by atoms with van der Waals surface area (Å²) in [5.41, 5.74) is 0.850. The largest absolute Gasteiger partial charge is 0.493 e. The van der Waals surface area contributed by atoms with Crippen molar-refractivity contribution in [3.63, 3.8) is 0 Å². The van der Waals surface area contributed by atoms with Gasteiger partial charge < -0.3 is 18.6 Å². The molecule has 1 aromatic heterocycles. The lowest BCUT2D eigenvalue weighted by Crippen LogP contribution is -2.49. The van der Waals surface area contributed by atoms with E-state index in [1.807, 2.05) is 6.07 Å². The number of hydrogen-bond donors (Lipinski definition) is 0. The minimum Gasteiger partial charge on any atom is -0.493 e. The number of rotatable bonds is 3. The van der Waals surface area contributed by atoms with Crippen molar-refractivity contribution in [1.82, 2.24) is 4.90 Å². The monoisotopic (exact) mass is 329 g/mol. The van der Waals surface area contributed by atoms with Gasteiger partial charge in [0.15, 0.2) is 11.5 Å². The highest BCUT2D eigenvalue weighted by Crippen LogP contribution is 2.48. The molecule has 2 aliphatic rings. The Labute approximate surface area is 137 Å². The van der Waals surface area contributed by atoms with Crippen molar-refractivity contribution in [3.05, 3.63) is 47.4 Å². The third-order valence-electron chi connectivity index (χ3n) is 4.53. The van der Waals surface area contributed by atoms with E-state index in [1.165, 1.54) is 24.5 Å². The Morgan fingerprint density at radius 3 is 2.58 bits per heavy atom. The lowest BCUT2D eigenvalue weighted by atomic mass is 9.85. The average molecular weight is 329 g/mol. The number of amides is 1. The summed E-state index contributed by atoms with van der Waals surface area (Å²) in [6.07, 6.45) is 3.54. The normalized spacial score (nSPS) is 22.0. The molecule has 24 heavy (non-hydrogen) atoms. The maximum atomic E-state index is 12.3. The number of methoxy groups -OCH3 is 2. The molecule has 1 amide bonds. The summed E-state index contributed by atoms with van der Waals surface area (Å²) in [6, 6.07) is 5.29. The van der Waals surface area contributed by atoms with E-state index in [9.17, 15) is 9.59 Å². The van der Waals surface area contributed by atoms with Crippen molar-refractivity contribution in [2.45, 2.75) is 12.1 Å². The van der Waals surface area contributed by atoms with Gasteiger partial charge in [0.25, 0.3) is 0 Å². The first-order valence-corrected chi connectivity index (χ1v) is 7.45. The fourth-order valence-electron chi connectivity index (χ4n) is 3.45. The van der Waals surface area contributed by atoms with E-state index in [4.69, 9.17) is 18.6 Å². The van der Waals surface area contributed by atoms with E-state index in [2.05, 4.69) is 0 Å². The van der Waals surface area contributed by atoms with E-state index >= 15 is 0 Å². The minimum absolute atomic E-state index is 0.359. The lowest BCUT2D eigenvalue weighted by Gasteiger charge is -2.40. The van der Waals surface area contributed by atoms with E-state index in [-0.39, 0.29) is 0 Å². The molecular formula is C17H15NO6. The zero-order valence-electron chi connectivity index (χ0n) is 13.2. The van der Waals surface area contributed by atoms with Gasteiger partial charge in [-0.1, -0.05) is 0 Å². The fraction of sp³-hybridized carbons (Fsp3) is 0.294. The van der Waals surface area contributed by atoms with Crippen LogP contribution in [0.2, 0.25) is 0 Å². The van der Waals surface area contributed by atoms with Crippen LogP contribution in [-0.2, 0) is 26.5 Å². The number of carbonyl (C=O) groups is 2. The summed E-state index contributed by atoms with van der Waals surface area (Å²) in [7, 11) is 3.09. The second kappa shape index (κ2) is 5.02. The highest BCUT2D eigenvalue weighted by molar-refractivity contribution is 6.34. The van der Waals surface area contributed by atoms with Gasteiger partial charge in [0.05, 0.1) is 32.3 Å². The summed E-state index contributed by atoms with van der Waals surface area (Å²) < 4.78 is 21.5. The Kier molecular flexibility index (Phi) is 3.06. The van der Waals surface area contributed by atoms with Crippen LogP contribution in [0.4, 0.5) is 0 Å². The molecule has 0 saturated carbocycles. The number of fused-ring (bicyclic) bond motifs is 3. The number of benzene rings is 1. The molecule has 0 radical (unpaired) electrons. The van der Waals surface area contributed by atoms with Crippen LogP contribution in [0.3, 0.4) is 0 Å². The molecule has 0 aliphatic carbocycles. The smallest absolute Gasteiger partial charge is 0.399 e. The third-order valence-corrected chi connectivity index (χ3v) is 4.53. The van der Waals surface area contributed by atoms with E-state index in [0.29, 0.717) is 35.6 Å².